The Morgan fingerprint density at radius 2 is 2.30 bits per heavy atom. The van der Waals surface area contributed by atoms with Crippen molar-refractivity contribution in [2.75, 3.05) is 18.1 Å². The minimum Gasteiger partial charge on any atom is -0.322 e. The topological polar surface area (TPSA) is 80.2 Å². The van der Waals surface area contributed by atoms with E-state index < -0.39 is 21.8 Å². The van der Waals surface area contributed by atoms with E-state index in [1.807, 2.05) is 0 Å². The molecule has 1 unspecified atom stereocenters. The van der Waals surface area contributed by atoms with Crippen LogP contribution in [0.5, 0.6) is 0 Å². The molecule has 0 aliphatic carbocycles. The van der Waals surface area contributed by atoms with Gasteiger partial charge >= 0.3 is 0 Å². The van der Waals surface area contributed by atoms with E-state index in [1.54, 1.807) is 0 Å². The number of terminal acetylenes is 1. The number of aromatic nitrogens is 2. The van der Waals surface area contributed by atoms with Crippen LogP contribution >= 0.6 is 11.6 Å². The van der Waals surface area contributed by atoms with Crippen molar-refractivity contribution < 1.29 is 13.2 Å². The highest BCUT2D eigenvalue weighted by atomic mass is 35.5. The van der Waals surface area contributed by atoms with Crippen molar-refractivity contribution in [2.45, 2.75) is 12.5 Å². The summed E-state index contributed by atoms with van der Waals surface area (Å²) < 4.78 is 23.0. The summed E-state index contributed by atoms with van der Waals surface area (Å²) in [5, 5.41) is 0.0931. The fourth-order valence-electron chi connectivity index (χ4n) is 2.08. The molecule has 20 heavy (non-hydrogen) atoms. The number of carbonyl (C=O) groups is 1. The fourth-order valence-corrected chi connectivity index (χ4v) is 3.96. The monoisotopic (exact) mass is 313 g/mol. The van der Waals surface area contributed by atoms with Gasteiger partial charge in [0.25, 0.3) is 5.91 Å². The summed E-state index contributed by atoms with van der Waals surface area (Å²) in [5.74, 6) is 1.90. The average Bonchev–Trinajstić information content (AvgIpc) is 2.75. The SMILES string of the molecule is C#CCN(C(=O)c1cncc(Cl)n1)C1CCS(=O)(=O)C1. The van der Waals surface area contributed by atoms with Crippen molar-refractivity contribution in [1.29, 1.82) is 0 Å². The first-order valence-corrected chi connectivity index (χ1v) is 8.05. The Hall–Kier alpha value is -1.65. The molecular weight excluding hydrogens is 302 g/mol. The van der Waals surface area contributed by atoms with E-state index in [1.165, 1.54) is 17.3 Å². The first-order chi connectivity index (χ1) is 9.43. The van der Waals surface area contributed by atoms with Crippen LogP contribution in [0, 0.1) is 12.3 Å². The third-order valence-electron chi connectivity index (χ3n) is 3.00. The van der Waals surface area contributed by atoms with E-state index in [2.05, 4.69) is 15.9 Å². The molecule has 0 spiro atoms. The van der Waals surface area contributed by atoms with Crippen LogP contribution in [-0.2, 0) is 9.84 Å². The van der Waals surface area contributed by atoms with Gasteiger partial charge in [-0.15, -0.1) is 6.42 Å². The third-order valence-corrected chi connectivity index (χ3v) is 4.93. The highest BCUT2D eigenvalue weighted by Crippen LogP contribution is 2.19. The standard InChI is InChI=1S/C12H12ClN3O3S/c1-2-4-16(9-3-5-20(18,19)8-9)12(17)10-6-14-7-11(13)15-10/h1,6-7,9H,3-5,8H2. The van der Waals surface area contributed by atoms with Crippen LogP contribution in [0.1, 0.15) is 16.9 Å². The predicted molar refractivity (Wildman–Crippen MR) is 74.0 cm³/mol. The van der Waals surface area contributed by atoms with Crippen molar-refractivity contribution in [3.8, 4) is 12.3 Å². The van der Waals surface area contributed by atoms with Crippen LogP contribution in [0.25, 0.3) is 0 Å². The van der Waals surface area contributed by atoms with Gasteiger partial charge in [-0.3, -0.25) is 9.78 Å². The number of sulfone groups is 1. The zero-order valence-electron chi connectivity index (χ0n) is 10.5. The van der Waals surface area contributed by atoms with Gasteiger partial charge in [0.15, 0.2) is 9.84 Å². The Labute approximate surface area is 122 Å². The van der Waals surface area contributed by atoms with Crippen LogP contribution in [-0.4, -0.2) is 53.3 Å². The molecule has 1 atom stereocenters. The van der Waals surface area contributed by atoms with Crippen LogP contribution in [0.4, 0.5) is 0 Å². The number of nitrogens with zero attached hydrogens (tertiary/aromatic N) is 3. The first-order valence-electron chi connectivity index (χ1n) is 5.85. The minimum absolute atomic E-state index is 0.0210. The van der Waals surface area contributed by atoms with Crippen molar-refractivity contribution in [3.05, 3.63) is 23.2 Å². The van der Waals surface area contributed by atoms with E-state index in [-0.39, 0.29) is 28.9 Å². The summed E-state index contributed by atoms with van der Waals surface area (Å²) in [6.45, 7) is 0.0210. The zero-order valence-corrected chi connectivity index (χ0v) is 12.1. The summed E-state index contributed by atoms with van der Waals surface area (Å²) in [6.07, 6.45) is 8.22. The van der Waals surface area contributed by atoms with Crippen LogP contribution in [0.3, 0.4) is 0 Å². The second kappa shape index (κ2) is 5.77. The lowest BCUT2D eigenvalue weighted by Gasteiger charge is -2.25. The van der Waals surface area contributed by atoms with Gasteiger partial charge in [-0.2, -0.15) is 0 Å². The first kappa shape index (κ1) is 14.8. The van der Waals surface area contributed by atoms with Gasteiger partial charge in [0.05, 0.1) is 30.4 Å². The molecule has 0 bridgehead atoms. The van der Waals surface area contributed by atoms with Gasteiger partial charge in [-0.1, -0.05) is 17.5 Å². The molecule has 0 aromatic carbocycles. The van der Waals surface area contributed by atoms with Gasteiger partial charge in [0.1, 0.15) is 10.8 Å². The highest BCUT2D eigenvalue weighted by molar-refractivity contribution is 7.91. The van der Waals surface area contributed by atoms with E-state index in [0.29, 0.717) is 6.42 Å². The third kappa shape index (κ3) is 3.26. The molecule has 0 radical (unpaired) electrons. The molecule has 106 valence electrons. The summed E-state index contributed by atoms with van der Waals surface area (Å²) in [4.78, 5) is 21.4. The Morgan fingerprint density at radius 3 is 2.85 bits per heavy atom. The average molecular weight is 314 g/mol. The molecule has 1 aromatic heterocycles. The molecule has 0 N–H and O–H groups in total. The summed E-state index contributed by atoms with van der Waals surface area (Å²) in [5.41, 5.74) is 0.0528. The lowest BCUT2D eigenvalue weighted by molar-refractivity contribution is 0.0718. The van der Waals surface area contributed by atoms with Crippen LogP contribution in [0.2, 0.25) is 5.15 Å². The molecule has 0 saturated carbocycles. The largest absolute Gasteiger partial charge is 0.322 e. The molecular formula is C12H12ClN3O3S. The van der Waals surface area contributed by atoms with Crippen LogP contribution in [0.15, 0.2) is 12.4 Å². The van der Waals surface area contributed by atoms with Crippen LogP contribution < -0.4 is 0 Å². The molecule has 8 heteroatoms. The van der Waals surface area contributed by atoms with Gasteiger partial charge < -0.3 is 4.90 Å². The zero-order chi connectivity index (χ0) is 14.8. The maximum absolute atomic E-state index is 12.4. The number of rotatable bonds is 3. The Balaban J connectivity index is 2.25. The molecule has 1 aromatic rings. The number of hydrogen-bond donors (Lipinski definition) is 0. The van der Waals surface area contributed by atoms with Gasteiger partial charge in [-0.25, -0.2) is 13.4 Å². The molecule has 1 fully saturated rings. The number of carbonyl (C=O) groups excluding carboxylic acids is 1. The van der Waals surface area contributed by atoms with E-state index in [0.717, 1.165) is 0 Å². The smallest absolute Gasteiger partial charge is 0.275 e. The van der Waals surface area contributed by atoms with Gasteiger partial charge in [0.2, 0.25) is 0 Å². The predicted octanol–water partition coefficient (Wildman–Crippen LogP) is 0.393. The fraction of sp³-hybridized carbons (Fsp3) is 0.417. The molecule has 1 aliphatic rings. The van der Waals surface area contributed by atoms with Gasteiger partial charge in [0, 0.05) is 6.04 Å². The lowest BCUT2D eigenvalue weighted by atomic mass is 10.2. The maximum Gasteiger partial charge on any atom is 0.275 e. The van der Waals surface area contributed by atoms with E-state index >= 15 is 0 Å². The van der Waals surface area contributed by atoms with E-state index in [4.69, 9.17) is 18.0 Å². The normalized spacial score (nSPS) is 20.3. The van der Waals surface area contributed by atoms with Crippen molar-refractivity contribution >= 4 is 27.3 Å². The quantitative estimate of drug-likeness (QED) is 0.754. The lowest BCUT2D eigenvalue weighted by Crippen LogP contribution is -2.41. The molecule has 1 amide bonds. The highest BCUT2D eigenvalue weighted by Gasteiger charge is 2.35. The number of halogens is 1. The van der Waals surface area contributed by atoms with E-state index in [9.17, 15) is 13.2 Å². The second-order valence-electron chi connectivity index (χ2n) is 4.42. The molecule has 1 aliphatic heterocycles. The Kier molecular flexibility index (Phi) is 4.26. The second-order valence-corrected chi connectivity index (χ2v) is 7.04. The number of hydrogen-bond acceptors (Lipinski definition) is 5. The van der Waals surface area contributed by atoms with Gasteiger partial charge in [-0.05, 0) is 6.42 Å². The number of amides is 1. The van der Waals surface area contributed by atoms with Crippen molar-refractivity contribution in [2.24, 2.45) is 0 Å². The molecule has 1 saturated heterocycles. The summed E-state index contributed by atoms with van der Waals surface area (Å²) >= 11 is 5.70. The Bertz CT molecular complexity index is 669. The minimum atomic E-state index is -3.11. The molecule has 6 nitrogen and oxygen atoms in total. The van der Waals surface area contributed by atoms with Crippen molar-refractivity contribution in [1.82, 2.24) is 14.9 Å². The summed E-state index contributed by atoms with van der Waals surface area (Å²) in [7, 11) is -3.11. The molecule has 2 heterocycles. The maximum atomic E-state index is 12.4. The summed E-state index contributed by atoms with van der Waals surface area (Å²) in [6, 6.07) is -0.427. The molecule has 2 rings (SSSR count). The van der Waals surface area contributed by atoms with Crippen molar-refractivity contribution in [3.63, 3.8) is 0 Å². The Morgan fingerprint density at radius 1 is 1.55 bits per heavy atom.